The summed E-state index contributed by atoms with van der Waals surface area (Å²) in [6.07, 6.45) is 1.70. The molecule has 0 atom stereocenters. The molecule has 1 aliphatic rings. The quantitative estimate of drug-likeness (QED) is 0.792. The van der Waals surface area contributed by atoms with Crippen LogP contribution in [0.2, 0.25) is 0 Å². The lowest BCUT2D eigenvalue weighted by Gasteiger charge is -2.03. The van der Waals surface area contributed by atoms with Crippen LogP contribution in [0.5, 0.6) is 0 Å². The number of carboxylic acid groups (broad SMARTS) is 1. The fourth-order valence-corrected chi connectivity index (χ4v) is 1.43. The smallest absolute Gasteiger partial charge is 0.338 e. The van der Waals surface area contributed by atoms with Gasteiger partial charge in [-0.2, -0.15) is 0 Å². The van der Waals surface area contributed by atoms with Gasteiger partial charge in [-0.15, -0.1) is 0 Å². The minimum Gasteiger partial charge on any atom is -0.478 e. The third kappa shape index (κ3) is 1.47. The lowest BCUT2D eigenvalue weighted by Crippen LogP contribution is -2.03. The van der Waals surface area contributed by atoms with E-state index in [9.17, 15) is 13.6 Å². The van der Waals surface area contributed by atoms with Crippen LogP contribution in [0.4, 0.5) is 8.78 Å². The van der Waals surface area contributed by atoms with Gasteiger partial charge in [0, 0.05) is 0 Å². The van der Waals surface area contributed by atoms with Gasteiger partial charge < -0.3 is 5.11 Å². The maximum atomic E-state index is 13.3. The van der Waals surface area contributed by atoms with Crippen LogP contribution in [-0.2, 0) is 0 Å². The third-order valence-corrected chi connectivity index (χ3v) is 2.33. The summed E-state index contributed by atoms with van der Waals surface area (Å²) in [7, 11) is 0. The molecule has 1 N–H and O–H groups in total. The molecule has 2 nitrogen and oxygen atoms in total. The van der Waals surface area contributed by atoms with E-state index in [1.54, 1.807) is 0 Å². The molecule has 0 unspecified atom stereocenters. The Morgan fingerprint density at radius 2 is 1.93 bits per heavy atom. The van der Waals surface area contributed by atoms with Crippen molar-refractivity contribution in [3.63, 3.8) is 0 Å². The van der Waals surface area contributed by atoms with Crippen LogP contribution in [0, 0.1) is 11.6 Å². The number of hydrogen-bond acceptors (Lipinski definition) is 1. The lowest BCUT2D eigenvalue weighted by molar-refractivity contribution is 0.0691. The van der Waals surface area contributed by atoms with Gasteiger partial charge in [0.15, 0.2) is 0 Å². The third-order valence-electron chi connectivity index (χ3n) is 2.33. The van der Waals surface area contributed by atoms with Crippen LogP contribution < -0.4 is 0 Å². The van der Waals surface area contributed by atoms with E-state index in [-0.39, 0.29) is 5.92 Å². The Morgan fingerprint density at radius 3 is 2.43 bits per heavy atom. The fraction of sp³-hybridized carbons (Fsp3) is 0.300. The predicted octanol–water partition coefficient (Wildman–Crippen LogP) is 2.54. The fourth-order valence-electron chi connectivity index (χ4n) is 1.43. The summed E-state index contributed by atoms with van der Waals surface area (Å²) >= 11 is 0. The Kier molecular flexibility index (Phi) is 1.98. The Hall–Kier alpha value is -1.45. The lowest BCUT2D eigenvalue weighted by atomic mass is 10.1. The van der Waals surface area contributed by atoms with E-state index in [1.165, 1.54) is 0 Å². The Morgan fingerprint density at radius 1 is 1.29 bits per heavy atom. The highest BCUT2D eigenvalue weighted by atomic mass is 19.1. The zero-order valence-corrected chi connectivity index (χ0v) is 7.26. The molecule has 0 aromatic heterocycles. The van der Waals surface area contributed by atoms with Crippen LogP contribution in [0.15, 0.2) is 12.1 Å². The van der Waals surface area contributed by atoms with Crippen molar-refractivity contribution in [3.05, 3.63) is 34.9 Å². The molecule has 14 heavy (non-hydrogen) atoms. The standard InChI is InChI=1S/C10H8F2O2/c11-8-4-7(10(13)14)9(12)3-6(8)5-1-2-5/h3-5H,1-2H2,(H,13,14). The summed E-state index contributed by atoms with van der Waals surface area (Å²) in [4.78, 5) is 10.5. The molecule has 1 aliphatic carbocycles. The van der Waals surface area contributed by atoms with Gasteiger partial charge in [-0.25, -0.2) is 13.6 Å². The molecule has 0 radical (unpaired) electrons. The summed E-state index contributed by atoms with van der Waals surface area (Å²) in [5.74, 6) is -2.84. The number of carbonyl (C=O) groups is 1. The highest BCUT2D eigenvalue weighted by Gasteiger charge is 2.28. The second-order valence-electron chi connectivity index (χ2n) is 3.43. The molecule has 0 saturated heterocycles. The second kappa shape index (κ2) is 3.04. The van der Waals surface area contributed by atoms with Crippen molar-refractivity contribution in [1.82, 2.24) is 0 Å². The van der Waals surface area contributed by atoms with E-state index in [0.29, 0.717) is 5.56 Å². The van der Waals surface area contributed by atoms with E-state index in [0.717, 1.165) is 25.0 Å². The normalized spacial score (nSPS) is 15.6. The van der Waals surface area contributed by atoms with Gasteiger partial charge in [-0.05, 0) is 36.5 Å². The molecule has 0 spiro atoms. The first-order chi connectivity index (χ1) is 6.59. The first-order valence-electron chi connectivity index (χ1n) is 4.32. The topological polar surface area (TPSA) is 37.3 Å². The van der Waals surface area contributed by atoms with E-state index in [2.05, 4.69) is 0 Å². The largest absolute Gasteiger partial charge is 0.478 e. The number of hydrogen-bond donors (Lipinski definition) is 1. The van der Waals surface area contributed by atoms with Crippen LogP contribution in [-0.4, -0.2) is 11.1 Å². The van der Waals surface area contributed by atoms with Crippen molar-refractivity contribution in [2.75, 3.05) is 0 Å². The van der Waals surface area contributed by atoms with E-state index in [4.69, 9.17) is 5.11 Å². The predicted molar refractivity (Wildman–Crippen MR) is 45.3 cm³/mol. The van der Waals surface area contributed by atoms with Crippen LogP contribution in [0.3, 0.4) is 0 Å². The molecular formula is C10H8F2O2. The second-order valence-corrected chi connectivity index (χ2v) is 3.43. The molecule has 0 aliphatic heterocycles. The average molecular weight is 198 g/mol. The zero-order valence-electron chi connectivity index (χ0n) is 7.26. The van der Waals surface area contributed by atoms with Crippen molar-refractivity contribution < 1.29 is 18.7 Å². The number of aromatic carboxylic acids is 1. The monoisotopic (exact) mass is 198 g/mol. The molecule has 1 aromatic rings. The molecular weight excluding hydrogens is 190 g/mol. The maximum Gasteiger partial charge on any atom is 0.338 e. The van der Waals surface area contributed by atoms with Crippen LogP contribution in [0.25, 0.3) is 0 Å². The van der Waals surface area contributed by atoms with E-state index < -0.39 is 23.2 Å². The van der Waals surface area contributed by atoms with Gasteiger partial charge in [-0.1, -0.05) is 0 Å². The first kappa shape index (κ1) is 9.12. The van der Waals surface area contributed by atoms with Crippen LogP contribution >= 0.6 is 0 Å². The number of rotatable bonds is 2. The van der Waals surface area contributed by atoms with Crippen molar-refractivity contribution in [3.8, 4) is 0 Å². The van der Waals surface area contributed by atoms with Crippen molar-refractivity contribution in [2.45, 2.75) is 18.8 Å². The Bertz CT molecular complexity index is 397. The highest BCUT2D eigenvalue weighted by Crippen LogP contribution is 2.41. The molecule has 0 amide bonds. The van der Waals surface area contributed by atoms with Crippen molar-refractivity contribution in [1.29, 1.82) is 0 Å². The maximum absolute atomic E-state index is 13.3. The Labute approximate surface area is 79.2 Å². The van der Waals surface area contributed by atoms with E-state index in [1.807, 2.05) is 0 Å². The minimum atomic E-state index is -1.44. The summed E-state index contributed by atoms with van der Waals surface area (Å²) in [6.45, 7) is 0. The van der Waals surface area contributed by atoms with Crippen molar-refractivity contribution in [2.24, 2.45) is 0 Å². The zero-order chi connectivity index (χ0) is 10.3. The molecule has 2 rings (SSSR count). The molecule has 1 aromatic carbocycles. The van der Waals surface area contributed by atoms with Gasteiger partial charge in [0.1, 0.15) is 11.6 Å². The summed E-state index contributed by atoms with van der Waals surface area (Å²) < 4.78 is 26.4. The molecule has 4 heteroatoms. The summed E-state index contributed by atoms with van der Waals surface area (Å²) in [5, 5.41) is 8.53. The van der Waals surface area contributed by atoms with Crippen LogP contribution in [0.1, 0.15) is 34.7 Å². The molecule has 1 saturated carbocycles. The van der Waals surface area contributed by atoms with Gasteiger partial charge in [0.05, 0.1) is 5.56 Å². The summed E-state index contributed by atoms with van der Waals surface area (Å²) in [5.41, 5.74) is -0.306. The number of carboxylic acids is 1. The highest BCUT2D eigenvalue weighted by molar-refractivity contribution is 5.88. The SMILES string of the molecule is O=C(O)c1cc(F)c(C2CC2)cc1F. The Balaban J connectivity index is 2.48. The molecule has 0 heterocycles. The number of benzene rings is 1. The molecule has 1 fully saturated rings. The van der Waals surface area contributed by atoms with Gasteiger partial charge >= 0.3 is 5.97 Å². The minimum absolute atomic E-state index is 0.0762. The molecule has 74 valence electrons. The average Bonchev–Trinajstić information content (AvgIpc) is 2.91. The van der Waals surface area contributed by atoms with Gasteiger partial charge in [0.25, 0.3) is 0 Å². The van der Waals surface area contributed by atoms with Gasteiger partial charge in [-0.3, -0.25) is 0 Å². The molecule has 0 bridgehead atoms. The van der Waals surface area contributed by atoms with Gasteiger partial charge in [0.2, 0.25) is 0 Å². The number of halogens is 2. The van der Waals surface area contributed by atoms with E-state index >= 15 is 0 Å². The summed E-state index contributed by atoms with van der Waals surface area (Å²) in [6, 6.07) is 1.75. The van der Waals surface area contributed by atoms with Crippen molar-refractivity contribution >= 4 is 5.97 Å². The first-order valence-corrected chi connectivity index (χ1v) is 4.32.